The van der Waals surface area contributed by atoms with Gasteiger partial charge in [-0.05, 0) is 23.9 Å². The van der Waals surface area contributed by atoms with Crippen molar-refractivity contribution in [1.29, 1.82) is 0 Å². The van der Waals surface area contributed by atoms with Crippen molar-refractivity contribution < 1.29 is 0 Å². The summed E-state index contributed by atoms with van der Waals surface area (Å²) in [4.78, 5) is 2.15. The van der Waals surface area contributed by atoms with Crippen molar-refractivity contribution in [2.45, 2.75) is 6.92 Å². The van der Waals surface area contributed by atoms with Crippen LogP contribution in [0.5, 0.6) is 0 Å². The molecular weight excluding hydrogens is 170 g/mol. The predicted molar refractivity (Wildman–Crippen MR) is 63.0 cm³/mol. The lowest BCUT2D eigenvalue weighted by atomic mass is 10.0. The van der Waals surface area contributed by atoms with E-state index in [2.05, 4.69) is 62.3 Å². The van der Waals surface area contributed by atoms with Crippen LogP contribution in [-0.4, -0.2) is 14.1 Å². The average molecular weight is 185 g/mol. The van der Waals surface area contributed by atoms with Crippen molar-refractivity contribution in [3.8, 4) is 0 Å². The van der Waals surface area contributed by atoms with Crippen molar-refractivity contribution in [2.24, 2.45) is 0 Å². The number of hydrogen-bond donors (Lipinski definition) is 0. The molecule has 0 radical (unpaired) electrons. The Bertz CT molecular complexity index is 458. The van der Waals surface area contributed by atoms with Crippen LogP contribution in [0.1, 0.15) is 5.56 Å². The van der Waals surface area contributed by atoms with Gasteiger partial charge in [0.1, 0.15) is 0 Å². The van der Waals surface area contributed by atoms with E-state index in [1.807, 2.05) is 0 Å². The summed E-state index contributed by atoms with van der Waals surface area (Å²) in [5.74, 6) is 0. The summed E-state index contributed by atoms with van der Waals surface area (Å²) in [5.41, 5.74) is 2.62. The first kappa shape index (κ1) is 9.07. The highest BCUT2D eigenvalue weighted by Gasteiger charge is 2.02. The molecule has 0 spiro atoms. The maximum absolute atomic E-state index is 2.18. The topological polar surface area (TPSA) is 3.24 Å². The highest BCUT2D eigenvalue weighted by atomic mass is 15.1. The summed E-state index contributed by atoms with van der Waals surface area (Å²) in [6.45, 7) is 2.15. The Morgan fingerprint density at radius 3 is 2.21 bits per heavy atom. The number of anilines is 1. The smallest absolute Gasteiger partial charge is 0.0440 e. The quantitative estimate of drug-likeness (QED) is 0.659. The fourth-order valence-corrected chi connectivity index (χ4v) is 1.84. The Morgan fingerprint density at radius 2 is 1.50 bits per heavy atom. The van der Waals surface area contributed by atoms with E-state index >= 15 is 0 Å². The van der Waals surface area contributed by atoms with Gasteiger partial charge in [-0.25, -0.2) is 0 Å². The van der Waals surface area contributed by atoms with Crippen molar-refractivity contribution in [1.82, 2.24) is 0 Å². The number of rotatable bonds is 1. The van der Waals surface area contributed by atoms with Gasteiger partial charge in [0.05, 0.1) is 0 Å². The lowest BCUT2D eigenvalue weighted by Gasteiger charge is -2.15. The van der Waals surface area contributed by atoms with E-state index in [1.165, 1.54) is 22.0 Å². The fraction of sp³-hybridized carbons (Fsp3) is 0.231. The van der Waals surface area contributed by atoms with E-state index in [0.29, 0.717) is 0 Å². The van der Waals surface area contributed by atoms with Gasteiger partial charge in [0.2, 0.25) is 0 Å². The molecule has 14 heavy (non-hydrogen) atoms. The first-order valence-electron chi connectivity index (χ1n) is 4.86. The maximum Gasteiger partial charge on any atom is 0.0440 e. The minimum atomic E-state index is 1.28. The minimum Gasteiger partial charge on any atom is -0.377 e. The van der Waals surface area contributed by atoms with Crippen LogP contribution in [0.4, 0.5) is 5.69 Å². The normalized spacial score (nSPS) is 10.5. The van der Waals surface area contributed by atoms with E-state index in [4.69, 9.17) is 0 Å². The molecule has 0 N–H and O–H groups in total. The van der Waals surface area contributed by atoms with E-state index in [1.54, 1.807) is 0 Å². The molecule has 2 aromatic carbocycles. The molecule has 0 aliphatic rings. The second kappa shape index (κ2) is 3.33. The Labute approximate surface area is 85.0 Å². The number of aryl methyl sites for hydroxylation is 1. The SMILES string of the molecule is Cc1cccc2c(N(C)C)cccc12. The maximum atomic E-state index is 2.18. The summed E-state index contributed by atoms with van der Waals surface area (Å²) in [5, 5.41) is 2.68. The first-order chi connectivity index (χ1) is 6.70. The van der Waals surface area contributed by atoms with E-state index in [0.717, 1.165) is 0 Å². The van der Waals surface area contributed by atoms with Crippen LogP contribution in [0.3, 0.4) is 0 Å². The van der Waals surface area contributed by atoms with Crippen LogP contribution in [0, 0.1) is 6.92 Å². The lowest BCUT2D eigenvalue weighted by Crippen LogP contribution is -2.08. The molecule has 0 atom stereocenters. The summed E-state index contributed by atoms with van der Waals surface area (Å²) >= 11 is 0. The molecule has 0 heterocycles. The zero-order valence-electron chi connectivity index (χ0n) is 8.91. The van der Waals surface area contributed by atoms with Gasteiger partial charge in [-0.1, -0.05) is 30.3 Å². The second-order valence-corrected chi connectivity index (χ2v) is 3.84. The zero-order valence-corrected chi connectivity index (χ0v) is 8.91. The molecule has 0 unspecified atom stereocenters. The van der Waals surface area contributed by atoms with Gasteiger partial charge < -0.3 is 4.90 Å². The Kier molecular flexibility index (Phi) is 2.16. The van der Waals surface area contributed by atoms with Gasteiger partial charge in [-0.3, -0.25) is 0 Å². The Balaban J connectivity index is 2.81. The third-order valence-electron chi connectivity index (χ3n) is 2.60. The van der Waals surface area contributed by atoms with Crippen LogP contribution in [0.2, 0.25) is 0 Å². The average Bonchev–Trinajstić information content (AvgIpc) is 2.17. The highest BCUT2D eigenvalue weighted by Crippen LogP contribution is 2.27. The molecule has 1 nitrogen and oxygen atoms in total. The largest absolute Gasteiger partial charge is 0.377 e. The number of benzene rings is 2. The molecule has 2 aromatic rings. The number of fused-ring (bicyclic) bond motifs is 1. The lowest BCUT2D eigenvalue weighted by molar-refractivity contribution is 1.14. The van der Waals surface area contributed by atoms with E-state index in [-0.39, 0.29) is 0 Å². The molecule has 0 saturated carbocycles. The minimum absolute atomic E-state index is 1.28. The van der Waals surface area contributed by atoms with E-state index < -0.39 is 0 Å². The van der Waals surface area contributed by atoms with Crippen LogP contribution in [0.25, 0.3) is 10.8 Å². The third-order valence-corrected chi connectivity index (χ3v) is 2.60. The first-order valence-corrected chi connectivity index (χ1v) is 4.86. The molecular formula is C13H15N. The van der Waals surface area contributed by atoms with Crippen molar-refractivity contribution in [3.63, 3.8) is 0 Å². The summed E-state index contributed by atoms with van der Waals surface area (Å²) in [7, 11) is 4.16. The molecule has 0 aliphatic carbocycles. The van der Waals surface area contributed by atoms with E-state index in [9.17, 15) is 0 Å². The van der Waals surface area contributed by atoms with Crippen LogP contribution < -0.4 is 4.90 Å². The van der Waals surface area contributed by atoms with Crippen molar-refractivity contribution >= 4 is 16.5 Å². The molecule has 2 rings (SSSR count). The number of hydrogen-bond acceptors (Lipinski definition) is 1. The van der Waals surface area contributed by atoms with Crippen LogP contribution in [0.15, 0.2) is 36.4 Å². The second-order valence-electron chi connectivity index (χ2n) is 3.84. The molecule has 0 amide bonds. The van der Waals surface area contributed by atoms with Gasteiger partial charge in [0.25, 0.3) is 0 Å². The zero-order chi connectivity index (χ0) is 10.1. The summed E-state index contributed by atoms with van der Waals surface area (Å²) < 4.78 is 0. The van der Waals surface area contributed by atoms with Gasteiger partial charge in [-0.2, -0.15) is 0 Å². The monoisotopic (exact) mass is 185 g/mol. The highest BCUT2D eigenvalue weighted by molar-refractivity contribution is 5.96. The summed E-state index contributed by atoms with van der Waals surface area (Å²) in [6, 6.07) is 12.9. The van der Waals surface area contributed by atoms with Crippen LogP contribution in [-0.2, 0) is 0 Å². The van der Waals surface area contributed by atoms with Gasteiger partial charge in [0.15, 0.2) is 0 Å². The predicted octanol–water partition coefficient (Wildman–Crippen LogP) is 3.21. The molecule has 0 fully saturated rings. The van der Waals surface area contributed by atoms with Crippen molar-refractivity contribution in [3.05, 3.63) is 42.0 Å². The molecule has 1 heteroatoms. The molecule has 72 valence electrons. The molecule has 0 saturated heterocycles. The fourth-order valence-electron chi connectivity index (χ4n) is 1.84. The standard InChI is InChI=1S/C13H15N/c1-10-6-4-8-12-11(10)7-5-9-13(12)14(2)3/h4-9H,1-3H3. The van der Waals surface area contributed by atoms with Crippen LogP contribution >= 0.6 is 0 Å². The van der Waals surface area contributed by atoms with Gasteiger partial charge in [-0.15, -0.1) is 0 Å². The molecule has 0 bridgehead atoms. The summed E-state index contributed by atoms with van der Waals surface area (Å²) in [6.07, 6.45) is 0. The van der Waals surface area contributed by atoms with Gasteiger partial charge >= 0.3 is 0 Å². The Morgan fingerprint density at radius 1 is 0.857 bits per heavy atom. The van der Waals surface area contributed by atoms with Crippen molar-refractivity contribution in [2.75, 3.05) is 19.0 Å². The Hall–Kier alpha value is -1.50. The third kappa shape index (κ3) is 1.35. The molecule has 0 aliphatic heterocycles. The molecule has 0 aromatic heterocycles. The van der Waals surface area contributed by atoms with Gasteiger partial charge in [0, 0.05) is 25.2 Å². The number of nitrogens with zero attached hydrogens (tertiary/aromatic N) is 1.